The van der Waals surface area contributed by atoms with Crippen LogP contribution in [-0.2, 0) is 19.7 Å². The number of carbonyl (C=O) groups is 2. The number of Topliss-reactive ketones (excluding diaryl/α,β-unsaturated/α-hetero) is 1. The van der Waals surface area contributed by atoms with Crippen molar-refractivity contribution in [1.29, 1.82) is 0 Å². The Kier molecular flexibility index (Phi) is 6.20. The van der Waals surface area contributed by atoms with Crippen molar-refractivity contribution in [2.75, 3.05) is 38.3 Å². The molecule has 0 N–H and O–H groups in total. The molecule has 3 aliphatic rings. The molecule has 35 heavy (non-hydrogen) atoms. The van der Waals surface area contributed by atoms with E-state index in [2.05, 4.69) is 49.1 Å². The number of benzene rings is 2. The number of ketones is 2. The molecular formula is C30H32N2O3. The first kappa shape index (κ1) is 23.3. The minimum absolute atomic E-state index is 0.350. The van der Waals surface area contributed by atoms with E-state index >= 15 is 0 Å². The van der Waals surface area contributed by atoms with Gasteiger partial charge < -0.3 is 14.5 Å². The van der Waals surface area contributed by atoms with Crippen LogP contribution in [0.5, 0.6) is 0 Å². The number of para-hydroxylation sites is 1. The van der Waals surface area contributed by atoms with E-state index in [1.54, 1.807) is 6.08 Å². The van der Waals surface area contributed by atoms with Gasteiger partial charge in [-0.2, -0.15) is 0 Å². The third kappa shape index (κ3) is 4.25. The van der Waals surface area contributed by atoms with Gasteiger partial charge in [-0.3, -0.25) is 9.59 Å². The smallest absolute Gasteiger partial charge is 0.231 e. The lowest BCUT2D eigenvalue weighted by atomic mass is 9.83. The molecule has 0 aromatic heterocycles. The molecule has 2 heterocycles. The Morgan fingerprint density at radius 3 is 2.34 bits per heavy atom. The van der Waals surface area contributed by atoms with Crippen molar-refractivity contribution in [3.05, 3.63) is 94.3 Å². The number of ether oxygens (including phenoxy) is 1. The number of hydrogen-bond acceptors (Lipinski definition) is 5. The number of rotatable bonds is 5. The highest BCUT2D eigenvalue weighted by molar-refractivity contribution is 6.47. The number of nitrogens with zero attached hydrogens (tertiary/aromatic N) is 2. The van der Waals surface area contributed by atoms with Crippen LogP contribution < -0.4 is 4.90 Å². The molecule has 0 saturated carbocycles. The van der Waals surface area contributed by atoms with Crippen molar-refractivity contribution in [3.8, 4) is 0 Å². The number of hydrogen-bond donors (Lipinski definition) is 0. The van der Waals surface area contributed by atoms with Gasteiger partial charge in [0.1, 0.15) is 0 Å². The zero-order chi connectivity index (χ0) is 24.6. The Labute approximate surface area is 207 Å². The van der Waals surface area contributed by atoms with Crippen LogP contribution >= 0.6 is 0 Å². The Morgan fingerprint density at radius 2 is 1.63 bits per heavy atom. The highest BCUT2D eigenvalue weighted by Crippen LogP contribution is 2.46. The van der Waals surface area contributed by atoms with Gasteiger partial charge in [-0.15, -0.1) is 0 Å². The maximum atomic E-state index is 13.6. The van der Waals surface area contributed by atoms with Crippen LogP contribution in [-0.4, -0.2) is 49.8 Å². The van der Waals surface area contributed by atoms with Gasteiger partial charge in [0.25, 0.3) is 0 Å². The summed E-state index contributed by atoms with van der Waals surface area (Å²) in [6.07, 6.45) is 5.05. The van der Waals surface area contributed by atoms with Crippen LogP contribution in [0.15, 0.2) is 83.2 Å². The average molecular weight is 469 g/mol. The standard InChI is InChI=1S/C30H32N2O3/c1-30(2)24-11-7-8-12-25(24)31(3)27(30)20-26(33)29(34)23-14-13-22(19-21-9-5-4-6-10-21)28(23)32-15-17-35-18-16-32/h4-12,19-20H,13-18H2,1-3H3/b22-19+,27-20+. The van der Waals surface area contributed by atoms with Crippen LogP contribution in [0, 0.1) is 0 Å². The molecule has 2 aromatic rings. The molecule has 0 bridgehead atoms. The first-order valence-electron chi connectivity index (χ1n) is 12.3. The second kappa shape index (κ2) is 9.31. The number of morpholine rings is 1. The van der Waals surface area contributed by atoms with E-state index in [1.807, 2.05) is 42.3 Å². The van der Waals surface area contributed by atoms with E-state index in [9.17, 15) is 9.59 Å². The van der Waals surface area contributed by atoms with Crippen LogP contribution in [0.25, 0.3) is 6.08 Å². The van der Waals surface area contributed by atoms with Crippen molar-refractivity contribution in [3.63, 3.8) is 0 Å². The minimum atomic E-state index is -0.450. The molecule has 2 aliphatic heterocycles. The van der Waals surface area contributed by atoms with Gasteiger partial charge in [-0.25, -0.2) is 0 Å². The van der Waals surface area contributed by atoms with Crippen molar-refractivity contribution in [2.45, 2.75) is 32.1 Å². The largest absolute Gasteiger partial charge is 0.378 e. The molecular weight excluding hydrogens is 436 g/mol. The maximum Gasteiger partial charge on any atom is 0.231 e. The number of anilines is 1. The first-order valence-corrected chi connectivity index (χ1v) is 12.3. The SMILES string of the molecule is CN1/C(=C/C(=O)C(=O)C2=C(N3CCOCC3)/C(=C/c3ccccc3)CC2)C(C)(C)c2ccccc21. The van der Waals surface area contributed by atoms with Gasteiger partial charge in [-0.05, 0) is 41.7 Å². The van der Waals surface area contributed by atoms with Gasteiger partial charge >= 0.3 is 0 Å². The second-order valence-electron chi connectivity index (χ2n) is 9.93. The lowest BCUT2D eigenvalue weighted by Gasteiger charge is -2.31. The van der Waals surface area contributed by atoms with Crippen molar-refractivity contribution < 1.29 is 14.3 Å². The monoisotopic (exact) mass is 468 g/mol. The van der Waals surface area contributed by atoms with E-state index in [1.165, 1.54) is 0 Å². The summed E-state index contributed by atoms with van der Waals surface area (Å²) in [6.45, 7) is 6.90. The van der Waals surface area contributed by atoms with Gasteiger partial charge in [0, 0.05) is 54.3 Å². The first-order chi connectivity index (χ1) is 16.9. The van der Waals surface area contributed by atoms with Crippen molar-refractivity contribution >= 4 is 23.3 Å². The molecule has 1 saturated heterocycles. The third-order valence-electron chi connectivity index (χ3n) is 7.41. The van der Waals surface area contributed by atoms with Gasteiger partial charge in [-0.1, -0.05) is 62.4 Å². The summed E-state index contributed by atoms with van der Waals surface area (Å²) < 4.78 is 5.56. The summed E-state index contributed by atoms with van der Waals surface area (Å²) in [7, 11) is 1.96. The van der Waals surface area contributed by atoms with Crippen molar-refractivity contribution in [1.82, 2.24) is 4.90 Å². The zero-order valence-electron chi connectivity index (χ0n) is 20.7. The average Bonchev–Trinajstić information content (AvgIpc) is 3.37. The topological polar surface area (TPSA) is 49.9 Å². The summed E-state index contributed by atoms with van der Waals surface area (Å²) in [5.74, 6) is -0.843. The fourth-order valence-electron chi connectivity index (χ4n) is 5.58. The van der Waals surface area contributed by atoms with E-state index in [4.69, 9.17) is 4.74 Å². The molecule has 1 fully saturated rings. The number of allylic oxidation sites excluding steroid dienone is 4. The van der Waals surface area contributed by atoms with E-state index in [0.717, 1.165) is 53.3 Å². The van der Waals surface area contributed by atoms with E-state index in [0.29, 0.717) is 25.2 Å². The summed E-state index contributed by atoms with van der Waals surface area (Å²) in [4.78, 5) is 31.3. The second-order valence-corrected chi connectivity index (χ2v) is 9.93. The molecule has 0 amide bonds. The summed E-state index contributed by atoms with van der Waals surface area (Å²) in [5.41, 5.74) is 6.51. The fraction of sp³-hybridized carbons (Fsp3) is 0.333. The number of likely N-dealkylation sites (N-methyl/N-ethyl adjacent to an activating group) is 1. The molecule has 5 rings (SSSR count). The Bertz CT molecular complexity index is 1250. The summed E-state index contributed by atoms with van der Waals surface area (Å²) in [6, 6.07) is 18.3. The normalized spacial score (nSPS) is 21.7. The van der Waals surface area contributed by atoms with Crippen LogP contribution in [0.2, 0.25) is 0 Å². The summed E-state index contributed by atoms with van der Waals surface area (Å²) in [5, 5.41) is 0. The van der Waals surface area contributed by atoms with E-state index in [-0.39, 0.29) is 5.41 Å². The lowest BCUT2D eigenvalue weighted by molar-refractivity contribution is -0.131. The van der Waals surface area contributed by atoms with Crippen LogP contribution in [0.3, 0.4) is 0 Å². The van der Waals surface area contributed by atoms with Crippen LogP contribution in [0.4, 0.5) is 5.69 Å². The lowest BCUT2D eigenvalue weighted by Crippen LogP contribution is -2.36. The molecule has 0 atom stereocenters. The molecule has 0 radical (unpaired) electrons. The predicted octanol–water partition coefficient (Wildman–Crippen LogP) is 4.90. The number of fused-ring (bicyclic) bond motifs is 1. The van der Waals surface area contributed by atoms with Gasteiger partial charge in [0.05, 0.1) is 13.2 Å². The van der Waals surface area contributed by atoms with E-state index < -0.39 is 11.6 Å². The Morgan fingerprint density at radius 1 is 0.943 bits per heavy atom. The maximum absolute atomic E-state index is 13.6. The molecule has 5 nitrogen and oxygen atoms in total. The van der Waals surface area contributed by atoms with Crippen LogP contribution in [0.1, 0.15) is 37.8 Å². The summed E-state index contributed by atoms with van der Waals surface area (Å²) >= 11 is 0. The molecule has 5 heteroatoms. The number of carbonyl (C=O) groups excluding carboxylic acids is 2. The highest BCUT2D eigenvalue weighted by atomic mass is 16.5. The molecule has 1 aliphatic carbocycles. The quantitative estimate of drug-likeness (QED) is 0.462. The predicted molar refractivity (Wildman–Crippen MR) is 139 cm³/mol. The minimum Gasteiger partial charge on any atom is -0.378 e. The molecule has 180 valence electrons. The third-order valence-corrected chi connectivity index (χ3v) is 7.41. The Balaban J connectivity index is 1.50. The molecule has 0 unspecified atom stereocenters. The molecule has 0 spiro atoms. The molecule has 2 aromatic carbocycles. The fourth-order valence-corrected chi connectivity index (χ4v) is 5.58. The van der Waals surface area contributed by atoms with Crippen molar-refractivity contribution in [2.24, 2.45) is 0 Å². The van der Waals surface area contributed by atoms with Gasteiger partial charge in [0.2, 0.25) is 11.6 Å². The zero-order valence-corrected chi connectivity index (χ0v) is 20.7. The highest BCUT2D eigenvalue weighted by Gasteiger charge is 2.40. The van der Waals surface area contributed by atoms with Gasteiger partial charge in [0.15, 0.2) is 0 Å². The Hall–Kier alpha value is -3.44.